The van der Waals surface area contributed by atoms with Crippen LogP contribution >= 0.6 is 11.6 Å². The first kappa shape index (κ1) is 18.7. The normalized spacial score (nSPS) is 16.3. The van der Waals surface area contributed by atoms with E-state index in [0.717, 1.165) is 0 Å². The van der Waals surface area contributed by atoms with Crippen molar-refractivity contribution in [3.05, 3.63) is 53.6 Å². The van der Waals surface area contributed by atoms with E-state index in [-0.39, 0.29) is 31.4 Å². The maximum absolute atomic E-state index is 12.0. The van der Waals surface area contributed by atoms with Crippen molar-refractivity contribution in [1.82, 2.24) is 0 Å². The Morgan fingerprint density at radius 3 is 2.41 bits per heavy atom. The topological polar surface area (TPSA) is 95.9 Å². The molecule has 1 atom stereocenters. The molecule has 8 heteroatoms. The second-order valence-corrected chi connectivity index (χ2v) is 6.52. The van der Waals surface area contributed by atoms with Crippen LogP contribution in [0.1, 0.15) is 6.42 Å². The standard InChI is InChI=1S/C19H17ClN2O5/c20-13-1-3-14(4-2-13)21-17(23)11-27-16-7-5-15(6-8-16)22-10-12(19(25)26)9-18(22)24/h1-8,12H,9-11H2,(H,21,23)(H,25,26)/t12-/m0/s1. The van der Waals surface area contributed by atoms with E-state index < -0.39 is 11.9 Å². The number of halogens is 1. The predicted octanol–water partition coefficient (Wildman–Crippen LogP) is 2.80. The van der Waals surface area contributed by atoms with Gasteiger partial charge >= 0.3 is 5.97 Å². The number of carbonyl (C=O) groups is 3. The van der Waals surface area contributed by atoms with Gasteiger partial charge in [-0.25, -0.2) is 0 Å². The molecule has 1 aliphatic heterocycles. The molecule has 0 radical (unpaired) electrons. The van der Waals surface area contributed by atoms with E-state index in [1.807, 2.05) is 0 Å². The Hall–Kier alpha value is -3.06. The van der Waals surface area contributed by atoms with Crippen LogP contribution in [0.4, 0.5) is 11.4 Å². The molecule has 3 rings (SSSR count). The molecular weight excluding hydrogens is 372 g/mol. The number of carbonyl (C=O) groups excluding carboxylic acids is 2. The summed E-state index contributed by atoms with van der Waals surface area (Å²) in [5.74, 6) is -1.74. The highest BCUT2D eigenvalue weighted by atomic mass is 35.5. The molecule has 7 nitrogen and oxygen atoms in total. The van der Waals surface area contributed by atoms with Crippen molar-refractivity contribution in [3.8, 4) is 5.75 Å². The zero-order valence-corrected chi connectivity index (χ0v) is 15.0. The number of rotatable bonds is 6. The third kappa shape index (κ3) is 4.77. The van der Waals surface area contributed by atoms with Crippen molar-refractivity contribution in [2.75, 3.05) is 23.4 Å². The van der Waals surface area contributed by atoms with Crippen molar-refractivity contribution < 1.29 is 24.2 Å². The Morgan fingerprint density at radius 1 is 1.15 bits per heavy atom. The summed E-state index contributed by atoms with van der Waals surface area (Å²) in [6, 6.07) is 13.3. The number of carboxylic acid groups (broad SMARTS) is 1. The number of aliphatic carboxylic acids is 1. The number of hydrogen-bond donors (Lipinski definition) is 2. The minimum Gasteiger partial charge on any atom is -0.484 e. The van der Waals surface area contributed by atoms with Crippen LogP contribution in [0, 0.1) is 5.92 Å². The first-order chi connectivity index (χ1) is 12.9. The molecule has 1 saturated heterocycles. The van der Waals surface area contributed by atoms with E-state index in [2.05, 4.69) is 5.32 Å². The van der Waals surface area contributed by atoms with Crippen molar-refractivity contribution in [3.63, 3.8) is 0 Å². The van der Waals surface area contributed by atoms with Gasteiger partial charge in [0, 0.05) is 29.4 Å². The summed E-state index contributed by atoms with van der Waals surface area (Å²) < 4.78 is 5.43. The minimum absolute atomic E-state index is 0.00153. The number of nitrogens with zero attached hydrogens (tertiary/aromatic N) is 1. The molecule has 0 spiro atoms. The van der Waals surface area contributed by atoms with Gasteiger partial charge in [0.2, 0.25) is 5.91 Å². The molecule has 1 aliphatic rings. The van der Waals surface area contributed by atoms with E-state index in [4.69, 9.17) is 21.4 Å². The van der Waals surface area contributed by atoms with Gasteiger partial charge in [-0.15, -0.1) is 0 Å². The smallest absolute Gasteiger partial charge is 0.308 e. The van der Waals surface area contributed by atoms with Crippen LogP contribution in [0.3, 0.4) is 0 Å². The maximum atomic E-state index is 12.0. The summed E-state index contributed by atoms with van der Waals surface area (Å²) in [7, 11) is 0. The van der Waals surface area contributed by atoms with Crippen LogP contribution in [-0.2, 0) is 14.4 Å². The van der Waals surface area contributed by atoms with Gasteiger partial charge in [0.1, 0.15) is 5.75 Å². The number of ether oxygens (including phenoxy) is 1. The number of anilines is 2. The number of amides is 2. The Kier molecular flexibility index (Phi) is 5.61. The van der Waals surface area contributed by atoms with Crippen molar-refractivity contribution in [2.45, 2.75) is 6.42 Å². The molecule has 27 heavy (non-hydrogen) atoms. The maximum Gasteiger partial charge on any atom is 0.308 e. The first-order valence-electron chi connectivity index (χ1n) is 8.24. The Bertz CT molecular complexity index is 851. The van der Waals surface area contributed by atoms with Crippen LogP contribution < -0.4 is 15.0 Å². The van der Waals surface area contributed by atoms with Crippen LogP contribution in [0.2, 0.25) is 5.02 Å². The lowest BCUT2D eigenvalue weighted by atomic mass is 10.1. The van der Waals surface area contributed by atoms with Gasteiger partial charge in [-0.2, -0.15) is 0 Å². The van der Waals surface area contributed by atoms with Crippen molar-refractivity contribution >= 4 is 40.8 Å². The van der Waals surface area contributed by atoms with E-state index in [9.17, 15) is 14.4 Å². The molecule has 0 unspecified atom stereocenters. The van der Waals surface area contributed by atoms with E-state index in [0.29, 0.717) is 22.1 Å². The molecule has 2 aromatic rings. The molecular formula is C19H17ClN2O5. The lowest BCUT2D eigenvalue weighted by Gasteiger charge is -2.16. The molecule has 0 saturated carbocycles. The Labute approximate surface area is 160 Å². The third-order valence-corrected chi connectivity index (χ3v) is 4.37. The number of hydrogen-bond acceptors (Lipinski definition) is 4. The average molecular weight is 389 g/mol. The largest absolute Gasteiger partial charge is 0.484 e. The molecule has 0 bridgehead atoms. The predicted molar refractivity (Wildman–Crippen MR) is 100 cm³/mol. The summed E-state index contributed by atoms with van der Waals surface area (Å²) >= 11 is 5.79. The number of carboxylic acids is 1. The van der Waals surface area contributed by atoms with Gasteiger partial charge in [-0.3, -0.25) is 14.4 Å². The molecule has 1 fully saturated rings. The monoisotopic (exact) mass is 388 g/mol. The lowest BCUT2D eigenvalue weighted by Crippen LogP contribution is -2.25. The molecule has 1 heterocycles. The van der Waals surface area contributed by atoms with Gasteiger partial charge in [-0.1, -0.05) is 11.6 Å². The van der Waals surface area contributed by atoms with Gasteiger partial charge < -0.3 is 20.1 Å². The summed E-state index contributed by atoms with van der Waals surface area (Å²) in [6.07, 6.45) is -0.00153. The summed E-state index contributed by atoms with van der Waals surface area (Å²) in [6.45, 7) is -0.0242. The molecule has 2 N–H and O–H groups in total. The fourth-order valence-electron chi connectivity index (χ4n) is 2.72. The highest BCUT2D eigenvalue weighted by molar-refractivity contribution is 6.30. The van der Waals surface area contributed by atoms with E-state index in [1.165, 1.54) is 4.90 Å². The van der Waals surface area contributed by atoms with Gasteiger partial charge in [-0.05, 0) is 48.5 Å². The molecule has 0 aliphatic carbocycles. The SMILES string of the molecule is O=C(COc1ccc(N2C[C@@H](C(=O)O)CC2=O)cc1)Nc1ccc(Cl)cc1. The van der Waals surface area contributed by atoms with Crippen LogP contribution in [0.5, 0.6) is 5.75 Å². The molecule has 2 amide bonds. The first-order valence-corrected chi connectivity index (χ1v) is 8.61. The summed E-state index contributed by atoms with van der Waals surface area (Å²) in [4.78, 5) is 36.3. The van der Waals surface area contributed by atoms with Crippen LogP contribution in [0.25, 0.3) is 0 Å². The second kappa shape index (κ2) is 8.09. The number of nitrogens with one attached hydrogen (secondary N) is 1. The molecule has 140 valence electrons. The fraction of sp³-hybridized carbons (Fsp3) is 0.211. The third-order valence-electron chi connectivity index (χ3n) is 4.12. The fourth-order valence-corrected chi connectivity index (χ4v) is 2.85. The minimum atomic E-state index is -0.975. The second-order valence-electron chi connectivity index (χ2n) is 6.08. The van der Waals surface area contributed by atoms with Crippen molar-refractivity contribution in [1.29, 1.82) is 0 Å². The van der Waals surface area contributed by atoms with Crippen LogP contribution in [-0.4, -0.2) is 36.0 Å². The van der Waals surface area contributed by atoms with E-state index >= 15 is 0 Å². The molecule has 2 aromatic carbocycles. The highest BCUT2D eigenvalue weighted by Crippen LogP contribution is 2.27. The van der Waals surface area contributed by atoms with Gasteiger partial charge in [0.05, 0.1) is 5.92 Å². The van der Waals surface area contributed by atoms with Gasteiger partial charge in [0.15, 0.2) is 6.61 Å². The Morgan fingerprint density at radius 2 is 1.81 bits per heavy atom. The molecule has 0 aromatic heterocycles. The Balaban J connectivity index is 1.53. The zero-order valence-electron chi connectivity index (χ0n) is 14.2. The number of benzene rings is 2. The van der Waals surface area contributed by atoms with Crippen LogP contribution in [0.15, 0.2) is 48.5 Å². The van der Waals surface area contributed by atoms with E-state index in [1.54, 1.807) is 48.5 Å². The summed E-state index contributed by atoms with van der Waals surface area (Å²) in [5, 5.41) is 12.3. The van der Waals surface area contributed by atoms with Crippen molar-refractivity contribution in [2.24, 2.45) is 5.92 Å². The van der Waals surface area contributed by atoms with Gasteiger partial charge in [0.25, 0.3) is 5.91 Å². The average Bonchev–Trinajstić information content (AvgIpc) is 3.04. The summed E-state index contributed by atoms with van der Waals surface area (Å²) in [5.41, 5.74) is 1.21. The zero-order chi connectivity index (χ0) is 19.4. The lowest BCUT2D eigenvalue weighted by molar-refractivity contribution is -0.141. The highest BCUT2D eigenvalue weighted by Gasteiger charge is 2.34. The quantitative estimate of drug-likeness (QED) is 0.793.